The second-order valence-corrected chi connectivity index (χ2v) is 6.33. The van der Waals surface area contributed by atoms with E-state index in [1.165, 1.54) is 7.11 Å². The van der Waals surface area contributed by atoms with Crippen LogP contribution in [0.1, 0.15) is 32.4 Å². The molecule has 0 aliphatic rings. The Morgan fingerprint density at radius 1 is 1.27 bits per heavy atom. The molecule has 0 radical (unpaired) electrons. The third-order valence-corrected chi connectivity index (χ3v) is 3.85. The molecule has 22 heavy (non-hydrogen) atoms. The van der Waals surface area contributed by atoms with Gasteiger partial charge >= 0.3 is 5.97 Å². The standard InChI is InChI=1S/C16H24BrNO4/c1-11(15(19)20-4)18-10-14(22-16(2,3)21-5)12-6-8-13(17)9-7-12/h6-9,11,14,18H,10H2,1-5H3/t11-,14+/m0/s1. The van der Waals surface area contributed by atoms with Gasteiger partial charge in [-0.15, -0.1) is 0 Å². The van der Waals surface area contributed by atoms with Gasteiger partial charge in [0.25, 0.3) is 0 Å². The molecule has 0 fully saturated rings. The summed E-state index contributed by atoms with van der Waals surface area (Å²) in [4.78, 5) is 11.5. The number of carbonyl (C=O) groups is 1. The van der Waals surface area contributed by atoms with Crippen LogP contribution in [0.5, 0.6) is 0 Å². The first-order valence-electron chi connectivity index (χ1n) is 7.08. The quantitative estimate of drug-likeness (QED) is 0.560. The van der Waals surface area contributed by atoms with Crippen molar-refractivity contribution in [1.82, 2.24) is 5.32 Å². The van der Waals surface area contributed by atoms with Crippen LogP contribution in [-0.4, -0.2) is 38.6 Å². The number of hydrogen-bond donors (Lipinski definition) is 1. The number of carbonyl (C=O) groups excluding carboxylic acids is 1. The van der Waals surface area contributed by atoms with Crippen molar-refractivity contribution in [3.63, 3.8) is 0 Å². The van der Waals surface area contributed by atoms with Gasteiger partial charge in [-0.2, -0.15) is 0 Å². The van der Waals surface area contributed by atoms with E-state index in [4.69, 9.17) is 14.2 Å². The van der Waals surface area contributed by atoms with Crippen LogP contribution in [0.3, 0.4) is 0 Å². The van der Waals surface area contributed by atoms with Gasteiger partial charge in [0.1, 0.15) is 6.04 Å². The molecule has 0 unspecified atom stereocenters. The maximum absolute atomic E-state index is 11.5. The van der Waals surface area contributed by atoms with E-state index >= 15 is 0 Å². The molecule has 1 rings (SSSR count). The summed E-state index contributed by atoms with van der Waals surface area (Å²) >= 11 is 3.42. The number of hydrogen-bond acceptors (Lipinski definition) is 5. The molecule has 0 aliphatic carbocycles. The van der Waals surface area contributed by atoms with Gasteiger partial charge in [0, 0.05) is 18.1 Å². The lowest BCUT2D eigenvalue weighted by atomic mass is 10.1. The van der Waals surface area contributed by atoms with Crippen molar-refractivity contribution in [3.8, 4) is 0 Å². The summed E-state index contributed by atoms with van der Waals surface area (Å²) in [5, 5.41) is 3.13. The van der Waals surface area contributed by atoms with E-state index in [9.17, 15) is 4.79 Å². The third-order valence-electron chi connectivity index (χ3n) is 3.32. The second kappa shape index (κ2) is 8.62. The maximum atomic E-state index is 11.5. The van der Waals surface area contributed by atoms with Crippen molar-refractivity contribution in [3.05, 3.63) is 34.3 Å². The molecule has 1 aromatic rings. The Kier molecular flexibility index (Phi) is 7.48. The van der Waals surface area contributed by atoms with Crippen molar-refractivity contribution in [2.45, 2.75) is 38.7 Å². The molecule has 6 heteroatoms. The number of ether oxygens (including phenoxy) is 3. The summed E-state index contributed by atoms with van der Waals surface area (Å²) in [7, 11) is 2.97. The lowest BCUT2D eigenvalue weighted by Crippen LogP contribution is -2.40. The largest absolute Gasteiger partial charge is 0.468 e. The molecule has 0 aromatic heterocycles. The van der Waals surface area contributed by atoms with Crippen LogP contribution < -0.4 is 5.32 Å². The molecule has 0 bridgehead atoms. The molecule has 2 atom stereocenters. The lowest BCUT2D eigenvalue weighted by Gasteiger charge is -2.30. The Morgan fingerprint density at radius 3 is 2.36 bits per heavy atom. The molecular formula is C16H24BrNO4. The normalized spacial score (nSPS) is 14.5. The number of nitrogens with one attached hydrogen (secondary N) is 1. The van der Waals surface area contributed by atoms with Gasteiger partial charge in [-0.1, -0.05) is 28.1 Å². The number of rotatable bonds is 8. The van der Waals surface area contributed by atoms with Gasteiger partial charge in [-0.3, -0.25) is 4.79 Å². The van der Waals surface area contributed by atoms with E-state index < -0.39 is 11.8 Å². The molecule has 5 nitrogen and oxygen atoms in total. The van der Waals surface area contributed by atoms with Crippen molar-refractivity contribution in [2.75, 3.05) is 20.8 Å². The summed E-state index contributed by atoms with van der Waals surface area (Å²) in [6.45, 7) is 5.92. The Bertz CT molecular complexity index is 476. The van der Waals surface area contributed by atoms with Crippen molar-refractivity contribution < 1.29 is 19.0 Å². The van der Waals surface area contributed by atoms with Crippen molar-refractivity contribution in [1.29, 1.82) is 0 Å². The van der Waals surface area contributed by atoms with E-state index in [1.54, 1.807) is 14.0 Å². The number of methoxy groups -OCH3 is 2. The molecule has 0 saturated heterocycles. The Balaban J connectivity index is 2.82. The predicted octanol–water partition coefficient (Wildman–Crippen LogP) is 3.04. The zero-order valence-electron chi connectivity index (χ0n) is 13.7. The van der Waals surface area contributed by atoms with Gasteiger partial charge in [-0.05, 0) is 38.5 Å². The minimum atomic E-state index is -0.728. The highest BCUT2D eigenvalue weighted by molar-refractivity contribution is 9.10. The average Bonchev–Trinajstić information content (AvgIpc) is 2.51. The zero-order valence-corrected chi connectivity index (χ0v) is 15.3. The Hall–Kier alpha value is -0.950. The second-order valence-electron chi connectivity index (χ2n) is 5.42. The SMILES string of the molecule is COC(=O)[C@H](C)NC[C@@H](OC(C)(C)OC)c1ccc(Br)cc1. The van der Waals surface area contributed by atoms with E-state index in [0.29, 0.717) is 6.54 Å². The van der Waals surface area contributed by atoms with E-state index in [1.807, 2.05) is 38.1 Å². The first kappa shape index (κ1) is 19.1. The molecule has 0 saturated carbocycles. The summed E-state index contributed by atoms with van der Waals surface area (Å²) in [6, 6.07) is 7.46. The molecule has 0 heterocycles. The minimum Gasteiger partial charge on any atom is -0.468 e. The Morgan fingerprint density at radius 2 is 1.86 bits per heavy atom. The van der Waals surface area contributed by atoms with Gasteiger partial charge < -0.3 is 19.5 Å². The molecule has 0 aliphatic heterocycles. The summed E-state index contributed by atoms with van der Waals surface area (Å²) < 4.78 is 17.1. The first-order chi connectivity index (χ1) is 10.3. The molecule has 1 aromatic carbocycles. The molecule has 124 valence electrons. The van der Waals surface area contributed by atoms with Gasteiger partial charge in [-0.25, -0.2) is 0 Å². The number of benzene rings is 1. The lowest BCUT2D eigenvalue weighted by molar-refractivity contribution is -0.224. The van der Waals surface area contributed by atoms with Crippen molar-refractivity contribution in [2.24, 2.45) is 0 Å². The van der Waals surface area contributed by atoms with Crippen molar-refractivity contribution >= 4 is 21.9 Å². The average molecular weight is 374 g/mol. The zero-order chi connectivity index (χ0) is 16.8. The van der Waals surface area contributed by atoms with Crippen LogP contribution in [0.25, 0.3) is 0 Å². The van der Waals surface area contributed by atoms with Crippen LogP contribution in [0.2, 0.25) is 0 Å². The van der Waals surface area contributed by atoms with Crippen LogP contribution in [-0.2, 0) is 19.0 Å². The van der Waals surface area contributed by atoms with E-state index in [0.717, 1.165) is 10.0 Å². The van der Waals surface area contributed by atoms with E-state index in [-0.39, 0.29) is 12.1 Å². The van der Waals surface area contributed by atoms with Gasteiger partial charge in [0.2, 0.25) is 0 Å². The highest BCUT2D eigenvalue weighted by atomic mass is 79.9. The summed E-state index contributed by atoms with van der Waals surface area (Å²) in [5.74, 6) is -1.03. The highest BCUT2D eigenvalue weighted by Gasteiger charge is 2.25. The van der Waals surface area contributed by atoms with Crippen LogP contribution in [0, 0.1) is 0 Å². The van der Waals surface area contributed by atoms with Crippen LogP contribution in [0.15, 0.2) is 28.7 Å². The molecule has 0 amide bonds. The molecule has 1 N–H and O–H groups in total. The summed E-state index contributed by atoms with van der Waals surface area (Å²) in [5.41, 5.74) is 0.998. The fourth-order valence-electron chi connectivity index (χ4n) is 1.84. The molecule has 0 spiro atoms. The first-order valence-corrected chi connectivity index (χ1v) is 7.88. The van der Waals surface area contributed by atoms with Gasteiger partial charge in [0.05, 0.1) is 13.2 Å². The topological polar surface area (TPSA) is 56.8 Å². The smallest absolute Gasteiger partial charge is 0.322 e. The maximum Gasteiger partial charge on any atom is 0.322 e. The number of halogens is 1. The predicted molar refractivity (Wildman–Crippen MR) is 88.5 cm³/mol. The third kappa shape index (κ3) is 6.04. The monoisotopic (exact) mass is 373 g/mol. The highest BCUT2D eigenvalue weighted by Crippen LogP contribution is 2.25. The van der Waals surface area contributed by atoms with Crippen LogP contribution >= 0.6 is 15.9 Å². The van der Waals surface area contributed by atoms with Crippen LogP contribution in [0.4, 0.5) is 0 Å². The fourth-order valence-corrected chi connectivity index (χ4v) is 2.10. The number of esters is 1. The van der Waals surface area contributed by atoms with E-state index in [2.05, 4.69) is 21.2 Å². The summed E-state index contributed by atoms with van der Waals surface area (Å²) in [6.07, 6.45) is -0.254. The molecular weight excluding hydrogens is 350 g/mol. The fraction of sp³-hybridized carbons (Fsp3) is 0.562. The minimum absolute atomic E-state index is 0.254. The van der Waals surface area contributed by atoms with Gasteiger partial charge in [0.15, 0.2) is 5.79 Å². The Labute approximate surface area is 140 Å².